The molecular weight excluding hydrogens is 371 g/mol. The van der Waals surface area contributed by atoms with E-state index in [1.54, 1.807) is 0 Å². The standard InChI is InChI=1S/C21H44O4S.Na/c1-3-5-7-9-11-13-15-17-19-21(25-26(22,23)24)20-18-16-14-12-10-8-6-4-2;/h21H,3-20H2,1-2H3,(H,22,23,24);/q;+1/p-1. The van der Waals surface area contributed by atoms with E-state index in [-0.39, 0.29) is 29.6 Å². The zero-order valence-electron chi connectivity index (χ0n) is 18.3. The van der Waals surface area contributed by atoms with E-state index in [2.05, 4.69) is 13.8 Å². The van der Waals surface area contributed by atoms with Gasteiger partial charge in [-0.05, 0) is 12.8 Å². The molecule has 0 aromatic carbocycles. The van der Waals surface area contributed by atoms with Crippen LogP contribution in [0.5, 0.6) is 0 Å². The molecule has 0 aromatic heterocycles. The van der Waals surface area contributed by atoms with Crippen LogP contribution in [0.2, 0.25) is 0 Å². The molecule has 0 aromatic rings. The molecule has 0 rings (SSSR count). The van der Waals surface area contributed by atoms with E-state index >= 15 is 0 Å². The van der Waals surface area contributed by atoms with E-state index in [1.165, 1.54) is 77.0 Å². The third-order valence-corrected chi connectivity index (χ3v) is 5.52. The molecule has 6 heteroatoms. The van der Waals surface area contributed by atoms with Crippen molar-refractivity contribution in [2.75, 3.05) is 0 Å². The van der Waals surface area contributed by atoms with E-state index < -0.39 is 16.5 Å². The molecule has 0 saturated carbocycles. The summed E-state index contributed by atoms with van der Waals surface area (Å²) in [5, 5.41) is 0. The molecule has 158 valence electrons. The average molecular weight is 415 g/mol. The van der Waals surface area contributed by atoms with Crippen molar-refractivity contribution in [3.05, 3.63) is 0 Å². The Labute approximate surface area is 191 Å². The Morgan fingerprint density at radius 1 is 0.630 bits per heavy atom. The molecule has 0 radical (unpaired) electrons. The topological polar surface area (TPSA) is 66.4 Å². The Balaban J connectivity index is 0. The van der Waals surface area contributed by atoms with Crippen molar-refractivity contribution in [3.8, 4) is 0 Å². The molecule has 0 aliphatic rings. The van der Waals surface area contributed by atoms with Crippen molar-refractivity contribution in [2.45, 2.75) is 136 Å². The molecule has 0 amide bonds. The minimum absolute atomic E-state index is 0. The summed E-state index contributed by atoms with van der Waals surface area (Å²) in [4.78, 5) is 0. The van der Waals surface area contributed by atoms with Crippen molar-refractivity contribution >= 4 is 10.4 Å². The molecule has 27 heavy (non-hydrogen) atoms. The van der Waals surface area contributed by atoms with Crippen LogP contribution in [0, 0.1) is 0 Å². The van der Waals surface area contributed by atoms with Gasteiger partial charge in [0.2, 0.25) is 10.4 Å². The van der Waals surface area contributed by atoms with Gasteiger partial charge >= 0.3 is 29.6 Å². The van der Waals surface area contributed by atoms with Gasteiger partial charge in [-0.15, -0.1) is 0 Å². The maximum atomic E-state index is 10.9. The fourth-order valence-corrected chi connectivity index (χ4v) is 3.94. The van der Waals surface area contributed by atoms with E-state index in [0.717, 1.165) is 25.7 Å². The SMILES string of the molecule is CCCCCCCCCCC(CCCCCCCCCC)OS(=O)(=O)[O-].[Na+]. The monoisotopic (exact) mass is 414 g/mol. The number of rotatable bonds is 20. The fourth-order valence-electron chi connectivity index (χ4n) is 3.42. The van der Waals surface area contributed by atoms with Gasteiger partial charge in [0.15, 0.2) is 0 Å². The van der Waals surface area contributed by atoms with Gasteiger partial charge < -0.3 is 4.55 Å². The molecule has 0 aliphatic heterocycles. The molecule has 0 N–H and O–H groups in total. The van der Waals surface area contributed by atoms with Crippen molar-refractivity contribution in [1.29, 1.82) is 0 Å². The van der Waals surface area contributed by atoms with Crippen LogP contribution in [-0.2, 0) is 14.6 Å². The Bertz CT molecular complexity index is 368. The van der Waals surface area contributed by atoms with Gasteiger partial charge in [-0.2, -0.15) is 0 Å². The van der Waals surface area contributed by atoms with E-state index in [0.29, 0.717) is 12.8 Å². The molecule has 0 spiro atoms. The molecule has 0 saturated heterocycles. The summed E-state index contributed by atoms with van der Waals surface area (Å²) >= 11 is 0. The quantitative estimate of drug-likeness (QED) is 0.131. The van der Waals surface area contributed by atoms with Gasteiger partial charge in [0.25, 0.3) is 0 Å². The van der Waals surface area contributed by atoms with Crippen LogP contribution < -0.4 is 29.6 Å². The average Bonchev–Trinajstić information content (AvgIpc) is 2.58. The smallest absolute Gasteiger partial charge is 0.726 e. The maximum absolute atomic E-state index is 10.9. The molecule has 4 nitrogen and oxygen atoms in total. The Morgan fingerprint density at radius 3 is 1.22 bits per heavy atom. The van der Waals surface area contributed by atoms with Crippen LogP contribution in [0.15, 0.2) is 0 Å². The third-order valence-electron chi connectivity index (χ3n) is 5.01. The summed E-state index contributed by atoms with van der Waals surface area (Å²) in [5.74, 6) is 0. The molecular formula is C21H43NaO4S. The summed E-state index contributed by atoms with van der Waals surface area (Å²) in [6.07, 6.45) is 20.3. The van der Waals surface area contributed by atoms with Crippen LogP contribution in [0.25, 0.3) is 0 Å². The molecule has 0 unspecified atom stereocenters. The van der Waals surface area contributed by atoms with Crippen LogP contribution in [0.4, 0.5) is 0 Å². The van der Waals surface area contributed by atoms with Gasteiger partial charge in [-0.25, -0.2) is 8.42 Å². The summed E-state index contributed by atoms with van der Waals surface area (Å²) in [6, 6.07) is 0. The van der Waals surface area contributed by atoms with Crippen molar-refractivity contribution < 1.29 is 46.7 Å². The minimum Gasteiger partial charge on any atom is -0.726 e. The fraction of sp³-hybridized carbons (Fsp3) is 1.00. The molecule has 0 aliphatic carbocycles. The number of unbranched alkanes of at least 4 members (excludes halogenated alkanes) is 14. The van der Waals surface area contributed by atoms with Crippen LogP contribution in [0.3, 0.4) is 0 Å². The molecule has 0 atom stereocenters. The first-order valence-corrected chi connectivity index (χ1v) is 12.5. The minimum atomic E-state index is -4.59. The first-order chi connectivity index (χ1) is 12.5. The maximum Gasteiger partial charge on any atom is 1.00 e. The van der Waals surface area contributed by atoms with Crippen molar-refractivity contribution in [2.24, 2.45) is 0 Å². The largest absolute Gasteiger partial charge is 1.00 e. The van der Waals surface area contributed by atoms with Crippen LogP contribution >= 0.6 is 0 Å². The second kappa shape index (κ2) is 21.6. The normalized spacial score (nSPS) is 11.7. The predicted octanol–water partition coefficient (Wildman–Crippen LogP) is 3.90. The zero-order chi connectivity index (χ0) is 19.5. The predicted molar refractivity (Wildman–Crippen MR) is 109 cm³/mol. The van der Waals surface area contributed by atoms with Gasteiger partial charge in [0, 0.05) is 0 Å². The zero-order valence-corrected chi connectivity index (χ0v) is 21.2. The number of hydrogen-bond acceptors (Lipinski definition) is 4. The van der Waals surface area contributed by atoms with Gasteiger partial charge in [0.05, 0.1) is 6.10 Å². The Morgan fingerprint density at radius 2 is 0.926 bits per heavy atom. The van der Waals surface area contributed by atoms with E-state index in [9.17, 15) is 13.0 Å². The first-order valence-electron chi connectivity index (χ1n) is 11.1. The third kappa shape index (κ3) is 24.8. The summed E-state index contributed by atoms with van der Waals surface area (Å²) in [7, 11) is -4.59. The summed E-state index contributed by atoms with van der Waals surface area (Å²) in [5.41, 5.74) is 0. The Kier molecular flexibility index (Phi) is 24.0. The number of hydrogen-bond donors (Lipinski definition) is 0. The molecule has 0 bridgehead atoms. The van der Waals surface area contributed by atoms with E-state index in [1.807, 2.05) is 0 Å². The van der Waals surface area contributed by atoms with E-state index in [4.69, 9.17) is 4.18 Å². The van der Waals surface area contributed by atoms with Crippen LogP contribution in [0.1, 0.15) is 129 Å². The second-order valence-electron chi connectivity index (χ2n) is 7.65. The Hall–Kier alpha value is 0.870. The van der Waals surface area contributed by atoms with Crippen molar-refractivity contribution in [1.82, 2.24) is 0 Å². The first kappa shape index (κ1) is 30.1. The molecule has 0 fully saturated rings. The second-order valence-corrected chi connectivity index (χ2v) is 8.66. The van der Waals surface area contributed by atoms with Gasteiger partial charge in [-0.3, -0.25) is 4.18 Å². The van der Waals surface area contributed by atoms with Gasteiger partial charge in [-0.1, -0.05) is 117 Å². The summed E-state index contributed by atoms with van der Waals surface area (Å²) in [6.45, 7) is 4.44. The van der Waals surface area contributed by atoms with Gasteiger partial charge in [0.1, 0.15) is 0 Å². The summed E-state index contributed by atoms with van der Waals surface area (Å²) < 4.78 is 37.6. The van der Waals surface area contributed by atoms with Crippen molar-refractivity contribution in [3.63, 3.8) is 0 Å². The van der Waals surface area contributed by atoms with Crippen LogP contribution in [-0.4, -0.2) is 19.1 Å². The molecule has 0 heterocycles.